The number of rotatable bonds is 6. The van der Waals surface area contributed by atoms with Gasteiger partial charge in [0.2, 0.25) is 5.91 Å². The van der Waals surface area contributed by atoms with E-state index in [2.05, 4.69) is 26.6 Å². The van der Waals surface area contributed by atoms with Crippen LogP contribution in [0.4, 0.5) is 0 Å². The van der Waals surface area contributed by atoms with Crippen molar-refractivity contribution in [2.45, 2.75) is 19.4 Å². The summed E-state index contributed by atoms with van der Waals surface area (Å²) in [6, 6.07) is 5.78. The Morgan fingerprint density at radius 1 is 1.47 bits per heavy atom. The molecule has 1 atom stereocenters. The van der Waals surface area contributed by atoms with Gasteiger partial charge < -0.3 is 15.4 Å². The van der Waals surface area contributed by atoms with Crippen LogP contribution in [0.2, 0.25) is 0 Å². The lowest BCUT2D eigenvalue weighted by Gasteiger charge is -2.15. The van der Waals surface area contributed by atoms with E-state index in [0.717, 1.165) is 15.8 Å². The van der Waals surface area contributed by atoms with E-state index in [-0.39, 0.29) is 24.4 Å². The molecule has 0 aromatic heterocycles. The van der Waals surface area contributed by atoms with Crippen molar-refractivity contribution < 1.29 is 9.53 Å². The molecule has 19 heavy (non-hydrogen) atoms. The van der Waals surface area contributed by atoms with Gasteiger partial charge in [-0.3, -0.25) is 4.79 Å². The summed E-state index contributed by atoms with van der Waals surface area (Å²) in [5.74, 6) is 0.830. The molecular weight excluding hydrogens is 332 g/mol. The van der Waals surface area contributed by atoms with Crippen molar-refractivity contribution in [3.8, 4) is 5.75 Å². The standard InChI is InChI=1S/C13H19BrN2O2.ClH/c1-9(16-13(17)6-7-15-2)10-4-5-12(18-3)11(14)8-10;/h4-5,8-9,15H,6-7H2,1-3H3,(H,16,17);1H. The van der Waals surface area contributed by atoms with Gasteiger partial charge >= 0.3 is 0 Å². The molecule has 0 saturated heterocycles. The van der Waals surface area contributed by atoms with E-state index < -0.39 is 0 Å². The van der Waals surface area contributed by atoms with E-state index in [0.29, 0.717) is 13.0 Å². The van der Waals surface area contributed by atoms with Crippen LogP contribution in [0.15, 0.2) is 22.7 Å². The largest absolute Gasteiger partial charge is 0.496 e. The van der Waals surface area contributed by atoms with Gasteiger partial charge in [0.25, 0.3) is 0 Å². The number of benzene rings is 1. The van der Waals surface area contributed by atoms with Crippen LogP contribution in [0, 0.1) is 0 Å². The Morgan fingerprint density at radius 3 is 2.68 bits per heavy atom. The molecule has 1 unspecified atom stereocenters. The maximum absolute atomic E-state index is 11.6. The summed E-state index contributed by atoms with van der Waals surface area (Å²) in [6.45, 7) is 2.65. The molecule has 0 aliphatic carbocycles. The Kier molecular flexibility index (Phi) is 8.80. The first-order chi connectivity index (χ1) is 8.58. The molecule has 1 rings (SSSR count). The summed E-state index contributed by atoms with van der Waals surface area (Å²) in [5, 5.41) is 5.91. The van der Waals surface area contributed by atoms with Gasteiger partial charge in [0, 0.05) is 13.0 Å². The lowest BCUT2D eigenvalue weighted by Crippen LogP contribution is -2.29. The maximum atomic E-state index is 11.6. The number of methoxy groups -OCH3 is 1. The van der Waals surface area contributed by atoms with E-state index in [1.54, 1.807) is 7.11 Å². The van der Waals surface area contributed by atoms with Crippen LogP contribution in [0.25, 0.3) is 0 Å². The number of carbonyl (C=O) groups is 1. The topological polar surface area (TPSA) is 50.4 Å². The maximum Gasteiger partial charge on any atom is 0.221 e. The van der Waals surface area contributed by atoms with Crippen LogP contribution < -0.4 is 15.4 Å². The van der Waals surface area contributed by atoms with E-state index in [9.17, 15) is 4.79 Å². The smallest absolute Gasteiger partial charge is 0.221 e. The van der Waals surface area contributed by atoms with Gasteiger partial charge in [-0.25, -0.2) is 0 Å². The summed E-state index contributed by atoms with van der Waals surface area (Å²) in [6.07, 6.45) is 0.484. The van der Waals surface area contributed by atoms with Crippen molar-refractivity contribution in [3.05, 3.63) is 28.2 Å². The van der Waals surface area contributed by atoms with Crippen LogP contribution >= 0.6 is 28.3 Å². The van der Waals surface area contributed by atoms with Crippen LogP contribution in [0.3, 0.4) is 0 Å². The zero-order valence-corrected chi connectivity index (χ0v) is 13.7. The first kappa shape index (κ1) is 18.2. The van der Waals surface area contributed by atoms with E-state index in [4.69, 9.17) is 4.74 Å². The molecule has 1 amide bonds. The Hall–Kier alpha value is -0.780. The molecule has 0 aliphatic rings. The summed E-state index contributed by atoms with van der Waals surface area (Å²) in [5.41, 5.74) is 1.04. The molecule has 0 bridgehead atoms. The average Bonchev–Trinajstić information content (AvgIpc) is 2.36. The zero-order valence-electron chi connectivity index (χ0n) is 11.3. The highest BCUT2D eigenvalue weighted by Crippen LogP contribution is 2.27. The average molecular weight is 352 g/mol. The van der Waals surface area contributed by atoms with Gasteiger partial charge in [0.1, 0.15) is 5.75 Å². The highest BCUT2D eigenvalue weighted by atomic mass is 79.9. The van der Waals surface area contributed by atoms with E-state index in [1.165, 1.54) is 0 Å². The summed E-state index contributed by atoms with van der Waals surface area (Å²) in [7, 11) is 3.46. The third kappa shape index (κ3) is 5.80. The highest BCUT2D eigenvalue weighted by molar-refractivity contribution is 9.10. The summed E-state index contributed by atoms with van der Waals surface area (Å²) in [4.78, 5) is 11.6. The summed E-state index contributed by atoms with van der Waals surface area (Å²) < 4.78 is 6.06. The molecule has 4 nitrogen and oxygen atoms in total. The van der Waals surface area contributed by atoms with Crippen molar-refractivity contribution in [2.24, 2.45) is 0 Å². The van der Waals surface area contributed by atoms with Gasteiger partial charge in [-0.15, -0.1) is 12.4 Å². The summed E-state index contributed by atoms with van der Waals surface area (Å²) >= 11 is 3.44. The van der Waals surface area contributed by atoms with Gasteiger partial charge in [0.15, 0.2) is 0 Å². The monoisotopic (exact) mass is 350 g/mol. The van der Waals surface area contributed by atoms with E-state index >= 15 is 0 Å². The molecule has 0 aliphatic heterocycles. The van der Waals surface area contributed by atoms with Crippen LogP contribution in [-0.2, 0) is 4.79 Å². The lowest BCUT2D eigenvalue weighted by molar-refractivity contribution is -0.121. The minimum Gasteiger partial charge on any atom is -0.496 e. The van der Waals surface area contributed by atoms with Gasteiger partial charge in [-0.1, -0.05) is 6.07 Å². The molecule has 1 aromatic rings. The number of halogens is 2. The molecule has 0 saturated carbocycles. The Labute approximate surface area is 128 Å². The van der Waals surface area contributed by atoms with Gasteiger partial charge in [-0.05, 0) is 47.6 Å². The van der Waals surface area contributed by atoms with Crippen LogP contribution in [-0.4, -0.2) is 26.6 Å². The second-order valence-electron chi connectivity index (χ2n) is 4.04. The normalized spacial score (nSPS) is 11.4. The van der Waals surface area contributed by atoms with Crippen molar-refractivity contribution in [1.29, 1.82) is 0 Å². The molecule has 0 radical (unpaired) electrons. The van der Waals surface area contributed by atoms with Crippen molar-refractivity contribution in [2.75, 3.05) is 20.7 Å². The third-order valence-electron chi connectivity index (χ3n) is 2.66. The second kappa shape index (κ2) is 9.18. The number of hydrogen-bond donors (Lipinski definition) is 2. The predicted molar refractivity (Wildman–Crippen MR) is 83.0 cm³/mol. The fourth-order valence-corrected chi connectivity index (χ4v) is 2.15. The number of nitrogens with one attached hydrogen (secondary N) is 2. The number of ether oxygens (including phenoxy) is 1. The fourth-order valence-electron chi connectivity index (χ4n) is 1.59. The Morgan fingerprint density at radius 2 is 2.16 bits per heavy atom. The lowest BCUT2D eigenvalue weighted by atomic mass is 10.1. The minimum absolute atomic E-state index is 0. The van der Waals surface area contributed by atoms with Gasteiger partial charge in [-0.2, -0.15) is 0 Å². The SMILES string of the molecule is CNCCC(=O)NC(C)c1ccc(OC)c(Br)c1.Cl. The second-order valence-corrected chi connectivity index (χ2v) is 4.89. The highest BCUT2D eigenvalue weighted by Gasteiger charge is 2.11. The molecule has 0 heterocycles. The molecule has 6 heteroatoms. The number of carbonyl (C=O) groups excluding carboxylic acids is 1. The molecule has 0 spiro atoms. The number of hydrogen-bond acceptors (Lipinski definition) is 3. The first-order valence-corrected chi connectivity index (χ1v) is 6.65. The third-order valence-corrected chi connectivity index (χ3v) is 3.28. The Bertz CT molecular complexity index is 416. The molecule has 108 valence electrons. The van der Waals surface area contributed by atoms with Crippen molar-refractivity contribution in [3.63, 3.8) is 0 Å². The van der Waals surface area contributed by atoms with Crippen LogP contribution in [0.1, 0.15) is 24.9 Å². The molecule has 0 fully saturated rings. The number of amides is 1. The first-order valence-electron chi connectivity index (χ1n) is 5.86. The molecule has 1 aromatic carbocycles. The Balaban J connectivity index is 0.00000324. The van der Waals surface area contributed by atoms with Crippen molar-refractivity contribution in [1.82, 2.24) is 10.6 Å². The quantitative estimate of drug-likeness (QED) is 0.828. The predicted octanol–water partition coefficient (Wildman–Crippen LogP) is 2.67. The van der Waals surface area contributed by atoms with Gasteiger partial charge in [0.05, 0.1) is 17.6 Å². The van der Waals surface area contributed by atoms with Crippen LogP contribution in [0.5, 0.6) is 5.75 Å². The molecule has 2 N–H and O–H groups in total. The van der Waals surface area contributed by atoms with Crippen molar-refractivity contribution >= 4 is 34.2 Å². The zero-order chi connectivity index (χ0) is 13.5. The fraction of sp³-hybridized carbons (Fsp3) is 0.462. The van der Waals surface area contributed by atoms with E-state index in [1.807, 2.05) is 32.2 Å². The minimum atomic E-state index is -0.0171. The molecular formula is C13H20BrClN2O2.